The first-order valence-electron chi connectivity index (χ1n) is 7.02. The molecule has 2 nitrogen and oxygen atoms in total. The lowest BCUT2D eigenvalue weighted by molar-refractivity contribution is 0.310. The van der Waals surface area contributed by atoms with E-state index in [0.717, 1.165) is 5.75 Å². The van der Waals surface area contributed by atoms with E-state index in [1.165, 1.54) is 16.5 Å². The van der Waals surface area contributed by atoms with Crippen molar-refractivity contribution in [2.24, 2.45) is 0 Å². The maximum Gasteiger partial charge on any atom is 0.129 e. The van der Waals surface area contributed by atoms with Crippen molar-refractivity contribution in [2.45, 2.75) is 26.5 Å². The molecule has 2 aromatic carbocycles. The van der Waals surface area contributed by atoms with Gasteiger partial charge in [0.15, 0.2) is 0 Å². The van der Waals surface area contributed by atoms with Gasteiger partial charge in [0, 0.05) is 17.6 Å². The van der Waals surface area contributed by atoms with Gasteiger partial charge in [-0.25, -0.2) is 0 Å². The quantitative estimate of drug-likeness (QED) is 0.661. The normalized spacial score (nSPS) is 11.2. The van der Waals surface area contributed by atoms with Crippen LogP contribution in [0.1, 0.15) is 25.5 Å². The second kappa shape index (κ2) is 5.41. The molecule has 0 radical (unpaired) electrons. The van der Waals surface area contributed by atoms with Gasteiger partial charge in [-0.15, -0.1) is 0 Å². The van der Waals surface area contributed by atoms with Crippen LogP contribution in [-0.4, -0.2) is 4.57 Å². The number of ether oxygens (including phenoxy) is 1. The van der Waals surface area contributed by atoms with Gasteiger partial charge in [-0.1, -0.05) is 36.4 Å². The highest BCUT2D eigenvalue weighted by atomic mass is 16.5. The lowest BCUT2D eigenvalue weighted by Gasteiger charge is -2.11. The van der Waals surface area contributed by atoms with E-state index in [1.807, 2.05) is 24.3 Å². The fourth-order valence-electron chi connectivity index (χ4n) is 2.47. The van der Waals surface area contributed by atoms with Crippen LogP contribution in [0, 0.1) is 0 Å². The van der Waals surface area contributed by atoms with Gasteiger partial charge in [-0.2, -0.15) is 0 Å². The number of hydrogen-bond acceptors (Lipinski definition) is 1. The van der Waals surface area contributed by atoms with E-state index < -0.39 is 0 Å². The van der Waals surface area contributed by atoms with Crippen LogP contribution in [-0.2, 0) is 6.61 Å². The highest BCUT2D eigenvalue weighted by Gasteiger charge is 2.08. The predicted octanol–water partition coefficient (Wildman–Crippen LogP) is 4.80. The molecule has 0 unspecified atom stereocenters. The van der Waals surface area contributed by atoms with E-state index in [4.69, 9.17) is 4.74 Å². The van der Waals surface area contributed by atoms with E-state index in [9.17, 15) is 0 Å². The Bertz CT molecular complexity index is 698. The van der Waals surface area contributed by atoms with Crippen LogP contribution >= 0.6 is 0 Å². The molecule has 0 bridgehead atoms. The van der Waals surface area contributed by atoms with Crippen molar-refractivity contribution in [3.8, 4) is 5.75 Å². The monoisotopic (exact) mass is 265 g/mol. The molecule has 0 fully saturated rings. The second-order valence-electron chi connectivity index (χ2n) is 5.28. The molecule has 0 aliphatic heterocycles. The van der Waals surface area contributed by atoms with Crippen LogP contribution in [0.3, 0.4) is 0 Å². The van der Waals surface area contributed by atoms with Crippen molar-refractivity contribution < 1.29 is 4.74 Å². The molecular formula is C18H19NO. The number of hydrogen-bond donors (Lipinski definition) is 0. The molecule has 1 heterocycles. The van der Waals surface area contributed by atoms with Crippen molar-refractivity contribution in [3.63, 3.8) is 0 Å². The Morgan fingerprint density at radius 1 is 0.950 bits per heavy atom. The minimum Gasteiger partial charge on any atom is -0.488 e. The maximum atomic E-state index is 5.99. The molecule has 3 aromatic rings. The van der Waals surface area contributed by atoms with Crippen LogP contribution in [0.4, 0.5) is 0 Å². The predicted molar refractivity (Wildman–Crippen MR) is 83.1 cm³/mol. The Hall–Kier alpha value is -2.22. The van der Waals surface area contributed by atoms with E-state index >= 15 is 0 Å². The third-order valence-corrected chi connectivity index (χ3v) is 3.52. The first kappa shape index (κ1) is 12.8. The number of fused-ring (bicyclic) bond motifs is 1. The van der Waals surface area contributed by atoms with Gasteiger partial charge in [-0.3, -0.25) is 0 Å². The number of aromatic nitrogens is 1. The molecule has 0 spiro atoms. The topological polar surface area (TPSA) is 14.2 Å². The number of benzene rings is 2. The molecule has 0 saturated carbocycles. The highest BCUT2D eigenvalue weighted by molar-refractivity contribution is 5.86. The smallest absolute Gasteiger partial charge is 0.129 e. The molecular weight excluding hydrogens is 246 g/mol. The summed E-state index contributed by atoms with van der Waals surface area (Å²) in [6, 6.07) is 19.1. The highest BCUT2D eigenvalue weighted by Crippen LogP contribution is 2.29. The van der Waals surface area contributed by atoms with Crippen LogP contribution in [0.25, 0.3) is 10.9 Å². The zero-order valence-electron chi connectivity index (χ0n) is 11.9. The van der Waals surface area contributed by atoms with Crippen molar-refractivity contribution in [3.05, 3.63) is 66.4 Å². The lowest BCUT2D eigenvalue weighted by Crippen LogP contribution is -1.98. The minimum absolute atomic E-state index is 0.455. The molecule has 0 aliphatic rings. The largest absolute Gasteiger partial charge is 0.488 e. The van der Waals surface area contributed by atoms with Gasteiger partial charge in [0.25, 0.3) is 0 Å². The van der Waals surface area contributed by atoms with Crippen LogP contribution in [0.5, 0.6) is 5.75 Å². The molecule has 0 aliphatic carbocycles. The molecule has 20 heavy (non-hydrogen) atoms. The van der Waals surface area contributed by atoms with Crippen molar-refractivity contribution in [2.75, 3.05) is 0 Å². The van der Waals surface area contributed by atoms with E-state index in [1.54, 1.807) is 0 Å². The summed E-state index contributed by atoms with van der Waals surface area (Å²) in [5, 5.41) is 1.18. The molecule has 102 valence electrons. The second-order valence-corrected chi connectivity index (χ2v) is 5.28. The Balaban J connectivity index is 1.89. The molecule has 3 rings (SSSR count). The Morgan fingerprint density at radius 2 is 1.75 bits per heavy atom. The van der Waals surface area contributed by atoms with Crippen LogP contribution in [0.2, 0.25) is 0 Å². The van der Waals surface area contributed by atoms with Crippen LogP contribution in [0.15, 0.2) is 60.8 Å². The minimum atomic E-state index is 0.455. The van der Waals surface area contributed by atoms with Gasteiger partial charge in [0.1, 0.15) is 12.4 Å². The first-order valence-corrected chi connectivity index (χ1v) is 7.02. The fraction of sp³-hybridized carbons (Fsp3) is 0.222. The Morgan fingerprint density at radius 3 is 2.50 bits per heavy atom. The average Bonchev–Trinajstić information content (AvgIpc) is 2.91. The fourth-order valence-corrected chi connectivity index (χ4v) is 2.47. The number of nitrogens with zero attached hydrogens (tertiary/aromatic N) is 1. The van der Waals surface area contributed by atoms with E-state index in [2.05, 4.69) is 54.9 Å². The van der Waals surface area contributed by atoms with Crippen molar-refractivity contribution in [1.82, 2.24) is 4.57 Å². The summed E-state index contributed by atoms with van der Waals surface area (Å²) >= 11 is 0. The molecule has 0 N–H and O–H groups in total. The maximum absolute atomic E-state index is 5.99. The zero-order chi connectivity index (χ0) is 13.9. The number of rotatable bonds is 4. The third kappa shape index (κ3) is 2.42. The lowest BCUT2D eigenvalue weighted by atomic mass is 10.2. The van der Waals surface area contributed by atoms with Gasteiger partial charge >= 0.3 is 0 Å². The molecule has 0 saturated heterocycles. The summed E-state index contributed by atoms with van der Waals surface area (Å²) in [5.41, 5.74) is 2.42. The van der Waals surface area contributed by atoms with Gasteiger partial charge in [0.2, 0.25) is 0 Å². The molecule has 1 aromatic heterocycles. The summed E-state index contributed by atoms with van der Waals surface area (Å²) in [6.07, 6.45) is 2.13. The van der Waals surface area contributed by atoms with Gasteiger partial charge in [-0.05, 0) is 37.6 Å². The van der Waals surface area contributed by atoms with E-state index in [-0.39, 0.29) is 0 Å². The summed E-state index contributed by atoms with van der Waals surface area (Å²) in [5.74, 6) is 0.950. The van der Waals surface area contributed by atoms with Crippen molar-refractivity contribution in [1.29, 1.82) is 0 Å². The standard InChI is InChI=1S/C18H19NO/c1-14(2)19-12-11-16-17(19)9-6-10-18(16)20-13-15-7-4-3-5-8-15/h3-12,14H,13H2,1-2H3. The van der Waals surface area contributed by atoms with Gasteiger partial charge < -0.3 is 9.30 Å². The van der Waals surface area contributed by atoms with Gasteiger partial charge in [0.05, 0.1) is 5.52 Å². The first-order chi connectivity index (χ1) is 9.75. The van der Waals surface area contributed by atoms with Crippen LogP contribution < -0.4 is 4.74 Å². The SMILES string of the molecule is CC(C)n1ccc2c(OCc3ccccc3)cccc21. The molecule has 0 atom stereocenters. The zero-order valence-corrected chi connectivity index (χ0v) is 11.9. The Kier molecular flexibility index (Phi) is 3.46. The summed E-state index contributed by atoms with van der Waals surface area (Å²) in [7, 11) is 0. The molecule has 2 heteroatoms. The molecule has 0 amide bonds. The van der Waals surface area contributed by atoms with E-state index in [0.29, 0.717) is 12.6 Å². The Labute approximate surface area is 119 Å². The summed E-state index contributed by atoms with van der Waals surface area (Å²) < 4.78 is 8.25. The summed E-state index contributed by atoms with van der Waals surface area (Å²) in [6.45, 7) is 4.99. The third-order valence-electron chi connectivity index (χ3n) is 3.52. The van der Waals surface area contributed by atoms with Crippen molar-refractivity contribution >= 4 is 10.9 Å². The summed E-state index contributed by atoms with van der Waals surface area (Å²) in [4.78, 5) is 0. The average molecular weight is 265 g/mol.